The summed E-state index contributed by atoms with van der Waals surface area (Å²) in [6, 6.07) is 11.3. The molecule has 3 N–H and O–H groups in total. The molecule has 29 heavy (non-hydrogen) atoms. The van der Waals surface area contributed by atoms with Crippen molar-refractivity contribution in [1.82, 2.24) is 15.2 Å². The molecule has 7 heteroatoms. The molecule has 1 atom stereocenters. The number of carboxylic acid groups (broad SMARTS) is 1. The summed E-state index contributed by atoms with van der Waals surface area (Å²) >= 11 is 0. The van der Waals surface area contributed by atoms with Gasteiger partial charge in [-0.05, 0) is 44.0 Å². The Morgan fingerprint density at radius 2 is 2.07 bits per heavy atom. The number of hydrogen-bond acceptors (Lipinski definition) is 5. The van der Waals surface area contributed by atoms with Gasteiger partial charge in [-0.1, -0.05) is 6.07 Å². The Morgan fingerprint density at radius 3 is 2.83 bits per heavy atom. The molecular formula is C22H20N4O3. The van der Waals surface area contributed by atoms with E-state index in [1.54, 1.807) is 6.20 Å². The van der Waals surface area contributed by atoms with Crippen molar-refractivity contribution in [1.29, 1.82) is 0 Å². The van der Waals surface area contributed by atoms with Gasteiger partial charge in [0, 0.05) is 35.0 Å². The zero-order chi connectivity index (χ0) is 20.1. The minimum atomic E-state index is -1.16. The maximum absolute atomic E-state index is 11.4. The van der Waals surface area contributed by atoms with Crippen molar-refractivity contribution in [3.05, 3.63) is 48.2 Å². The molecule has 1 aliphatic heterocycles. The summed E-state index contributed by atoms with van der Waals surface area (Å²) in [6.45, 7) is 3.12. The molecule has 7 nitrogen and oxygen atoms in total. The summed E-state index contributed by atoms with van der Waals surface area (Å²) in [5.74, 6) is -1.44. The fraction of sp³-hybridized carbons (Fsp3) is 0.227. The Balaban J connectivity index is 1.77. The third-order valence-electron chi connectivity index (χ3n) is 5.72. The van der Waals surface area contributed by atoms with Crippen molar-refractivity contribution in [3.63, 3.8) is 0 Å². The average molecular weight is 388 g/mol. The molecule has 4 aromatic rings. The van der Waals surface area contributed by atoms with Crippen molar-refractivity contribution < 1.29 is 15.0 Å². The summed E-state index contributed by atoms with van der Waals surface area (Å²) in [5, 5.41) is 28.2. The second kappa shape index (κ2) is 6.48. The van der Waals surface area contributed by atoms with Crippen LogP contribution in [0.25, 0.3) is 33.1 Å². The Morgan fingerprint density at radius 1 is 1.21 bits per heavy atom. The fourth-order valence-electron chi connectivity index (χ4n) is 4.18. The van der Waals surface area contributed by atoms with E-state index in [-0.39, 0.29) is 11.3 Å². The van der Waals surface area contributed by atoms with Crippen LogP contribution in [-0.2, 0) is 0 Å². The van der Waals surface area contributed by atoms with Gasteiger partial charge in [0.25, 0.3) is 0 Å². The van der Waals surface area contributed by atoms with E-state index in [4.69, 9.17) is 4.98 Å². The van der Waals surface area contributed by atoms with E-state index in [1.165, 1.54) is 12.1 Å². The topological polar surface area (TPSA) is 102 Å². The van der Waals surface area contributed by atoms with E-state index in [9.17, 15) is 15.0 Å². The number of carbonyl (C=O) groups is 1. The molecule has 1 fully saturated rings. The lowest BCUT2D eigenvalue weighted by molar-refractivity contribution is 0.0694. The lowest BCUT2D eigenvalue weighted by atomic mass is 10.0. The molecule has 0 saturated carbocycles. The number of nitrogens with zero attached hydrogens (tertiary/aromatic N) is 3. The molecule has 1 aliphatic rings. The van der Waals surface area contributed by atoms with Gasteiger partial charge in [-0.3, -0.25) is 5.10 Å². The van der Waals surface area contributed by atoms with Gasteiger partial charge in [0.2, 0.25) is 0 Å². The van der Waals surface area contributed by atoms with E-state index < -0.39 is 5.97 Å². The third-order valence-corrected chi connectivity index (χ3v) is 5.72. The number of anilines is 1. The highest BCUT2D eigenvalue weighted by Gasteiger charge is 2.25. The molecule has 146 valence electrons. The second-order valence-corrected chi connectivity index (χ2v) is 7.58. The maximum atomic E-state index is 11.4. The largest absolute Gasteiger partial charge is 0.507 e. The van der Waals surface area contributed by atoms with Crippen LogP contribution < -0.4 is 4.90 Å². The number of benzene rings is 2. The first-order valence-electron chi connectivity index (χ1n) is 9.62. The van der Waals surface area contributed by atoms with Gasteiger partial charge in [0.1, 0.15) is 11.3 Å². The van der Waals surface area contributed by atoms with Crippen molar-refractivity contribution >= 4 is 33.5 Å². The minimum Gasteiger partial charge on any atom is -0.507 e. The molecule has 0 bridgehead atoms. The van der Waals surface area contributed by atoms with E-state index in [1.807, 2.05) is 24.3 Å². The molecule has 0 unspecified atom stereocenters. The number of H-pyrrole nitrogens is 1. The lowest BCUT2D eigenvalue weighted by Crippen LogP contribution is -2.27. The predicted molar refractivity (Wildman–Crippen MR) is 111 cm³/mol. The van der Waals surface area contributed by atoms with E-state index in [0.29, 0.717) is 16.9 Å². The van der Waals surface area contributed by atoms with Crippen LogP contribution in [-0.4, -0.2) is 44.0 Å². The zero-order valence-corrected chi connectivity index (χ0v) is 15.9. The number of hydrogen-bond donors (Lipinski definition) is 3. The van der Waals surface area contributed by atoms with Crippen molar-refractivity contribution in [2.45, 2.75) is 25.8 Å². The number of aromatic carboxylic acids is 1. The average Bonchev–Trinajstić information content (AvgIpc) is 3.34. The molecule has 0 aliphatic carbocycles. The summed E-state index contributed by atoms with van der Waals surface area (Å²) in [4.78, 5) is 18.6. The number of aromatic hydroxyl groups is 1. The predicted octanol–water partition coefficient (Wildman–Crippen LogP) is 4.17. The SMILES string of the molecule is C[C@H]1CCCN1c1cc2cc(C(=O)O)c(O)cc2nc1-c1ccc2[nH]ncc2c1. The number of phenols is 1. The summed E-state index contributed by atoms with van der Waals surface area (Å²) in [5.41, 5.74) is 4.15. The monoisotopic (exact) mass is 388 g/mol. The number of nitrogens with one attached hydrogen (secondary N) is 1. The van der Waals surface area contributed by atoms with E-state index in [0.717, 1.165) is 47.2 Å². The third kappa shape index (κ3) is 2.86. The van der Waals surface area contributed by atoms with Gasteiger partial charge in [0.05, 0.1) is 28.6 Å². The molecular weight excluding hydrogens is 368 g/mol. The van der Waals surface area contributed by atoms with Crippen LogP contribution in [0.4, 0.5) is 5.69 Å². The molecule has 3 heterocycles. The Labute approximate surface area is 166 Å². The van der Waals surface area contributed by atoms with Crippen LogP contribution in [0, 0.1) is 0 Å². The normalized spacial score (nSPS) is 16.7. The number of aromatic amines is 1. The number of aromatic nitrogens is 3. The highest BCUT2D eigenvalue weighted by atomic mass is 16.4. The number of pyridine rings is 1. The van der Waals surface area contributed by atoms with Gasteiger partial charge in [0.15, 0.2) is 0 Å². The molecule has 0 radical (unpaired) electrons. The van der Waals surface area contributed by atoms with Gasteiger partial charge >= 0.3 is 5.97 Å². The summed E-state index contributed by atoms with van der Waals surface area (Å²) in [7, 11) is 0. The van der Waals surface area contributed by atoms with Crippen LogP contribution in [0.1, 0.15) is 30.1 Å². The highest BCUT2D eigenvalue weighted by molar-refractivity contribution is 5.99. The standard InChI is InChI=1S/C22H20N4O3/c1-12-3-2-6-26(12)19-9-14-8-16(22(28)29)20(27)10-18(14)24-21(19)13-4-5-17-15(7-13)11-23-25-17/h4-5,7-12,27H,2-3,6H2,1H3,(H,23,25)(H,28,29)/t12-/m0/s1. The maximum Gasteiger partial charge on any atom is 0.339 e. The van der Waals surface area contributed by atoms with Crippen LogP contribution in [0.3, 0.4) is 0 Å². The number of rotatable bonds is 3. The first kappa shape index (κ1) is 17.5. The van der Waals surface area contributed by atoms with Crippen molar-refractivity contribution in [3.8, 4) is 17.0 Å². The van der Waals surface area contributed by atoms with Crippen LogP contribution >= 0.6 is 0 Å². The summed E-state index contributed by atoms with van der Waals surface area (Å²) in [6.07, 6.45) is 3.99. The molecule has 1 saturated heterocycles. The smallest absolute Gasteiger partial charge is 0.339 e. The number of fused-ring (bicyclic) bond motifs is 2. The molecule has 0 spiro atoms. The van der Waals surface area contributed by atoms with Crippen LogP contribution in [0.2, 0.25) is 0 Å². The lowest BCUT2D eigenvalue weighted by Gasteiger charge is -2.26. The highest BCUT2D eigenvalue weighted by Crippen LogP contribution is 2.38. The van der Waals surface area contributed by atoms with Gasteiger partial charge in [-0.25, -0.2) is 9.78 Å². The number of carboxylic acids is 1. The second-order valence-electron chi connectivity index (χ2n) is 7.58. The van der Waals surface area contributed by atoms with Gasteiger partial charge in [-0.2, -0.15) is 5.10 Å². The molecule has 2 aromatic heterocycles. The Kier molecular flexibility index (Phi) is 3.91. The van der Waals surface area contributed by atoms with Crippen LogP contribution in [0.5, 0.6) is 5.75 Å². The fourth-order valence-corrected chi connectivity index (χ4v) is 4.18. The van der Waals surface area contributed by atoms with Gasteiger partial charge < -0.3 is 15.1 Å². The van der Waals surface area contributed by atoms with Crippen LogP contribution in [0.15, 0.2) is 42.6 Å². The Bertz CT molecular complexity index is 1260. The van der Waals surface area contributed by atoms with Gasteiger partial charge in [-0.15, -0.1) is 0 Å². The molecule has 0 amide bonds. The van der Waals surface area contributed by atoms with Crippen molar-refractivity contribution in [2.24, 2.45) is 0 Å². The van der Waals surface area contributed by atoms with E-state index in [2.05, 4.69) is 22.0 Å². The first-order valence-corrected chi connectivity index (χ1v) is 9.62. The molecule has 2 aromatic carbocycles. The van der Waals surface area contributed by atoms with E-state index >= 15 is 0 Å². The Hall–Kier alpha value is -3.61. The molecule has 5 rings (SSSR count). The zero-order valence-electron chi connectivity index (χ0n) is 15.9. The first-order chi connectivity index (χ1) is 14.0. The quantitative estimate of drug-likeness (QED) is 0.487. The van der Waals surface area contributed by atoms with Crippen molar-refractivity contribution in [2.75, 3.05) is 11.4 Å². The summed E-state index contributed by atoms with van der Waals surface area (Å²) < 4.78 is 0. The minimum absolute atomic E-state index is 0.118.